The summed E-state index contributed by atoms with van der Waals surface area (Å²) in [6.07, 6.45) is 5.29. The highest BCUT2D eigenvalue weighted by atomic mass is 16.2. The number of nitrogens with zero attached hydrogens (tertiary/aromatic N) is 2. The third-order valence-corrected chi connectivity index (χ3v) is 4.75. The maximum absolute atomic E-state index is 12.6. The van der Waals surface area contributed by atoms with Crippen LogP contribution in [-0.4, -0.2) is 47.8 Å². The lowest BCUT2D eigenvalue weighted by Crippen LogP contribution is -2.47. The Bertz CT molecular complexity index is 523. The van der Waals surface area contributed by atoms with Crippen molar-refractivity contribution in [3.63, 3.8) is 0 Å². The zero-order valence-corrected chi connectivity index (χ0v) is 13.0. The van der Waals surface area contributed by atoms with Crippen LogP contribution in [0.4, 0.5) is 0 Å². The average molecular weight is 300 g/mol. The van der Waals surface area contributed by atoms with Crippen molar-refractivity contribution >= 4 is 11.8 Å². The summed E-state index contributed by atoms with van der Waals surface area (Å²) in [6.45, 7) is 3.12. The molecule has 2 heterocycles. The summed E-state index contributed by atoms with van der Waals surface area (Å²) >= 11 is 0. The van der Waals surface area contributed by atoms with E-state index in [2.05, 4.69) is 0 Å². The highest BCUT2D eigenvalue weighted by Gasteiger charge is 2.31. The molecule has 4 nitrogen and oxygen atoms in total. The van der Waals surface area contributed by atoms with Crippen molar-refractivity contribution in [3.8, 4) is 0 Å². The van der Waals surface area contributed by atoms with Crippen molar-refractivity contribution in [1.82, 2.24) is 9.80 Å². The summed E-state index contributed by atoms with van der Waals surface area (Å²) in [5.41, 5.74) is 0.716. The number of carbonyl (C=O) groups excluding carboxylic acids is 2. The quantitative estimate of drug-likeness (QED) is 0.842. The van der Waals surface area contributed by atoms with E-state index in [1.807, 2.05) is 40.1 Å². The van der Waals surface area contributed by atoms with Gasteiger partial charge in [0.15, 0.2) is 0 Å². The normalized spacial score (nSPS) is 22.5. The van der Waals surface area contributed by atoms with Crippen molar-refractivity contribution in [2.75, 3.05) is 26.2 Å². The topological polar surface area (TPSA) is 40.6 Å². The monoisotopic (exact) mass is 300 g/mol. The Kier molecular flexibility index (Phi) is 4.76. The first-order chi connectivity index (χ1) is 10.8. The van der Waals surface area contributed by atoms with Gasteiger partial charge in [-0.2, -0.15) is 0 Å². The van der Waals surface area contributed by atoms with Crippen molar-refractivity contribution in [3.05, 3.63) is 35.9 Å². The summed E-state index contributed by atoms with van der Waals surface area (Å²) in [4.78, 5) is 29.0. The Morgan fingerprint density at radius 3 is 2.27 bits per heavy atom. The van der Waals surface area contributed by atoms with Crippen molar-refractivity contribution < 1.29 is 9.59 Å². The predicted molar refractivity (Wildman–Crippen MR) is 85.5 cm³/mol. The molecule has 2 fully saturated rings. The Labute approximate surface area is 132 Å². The highest BCUT2D eigenvalue weighted by Crippen LogP contribution is 2.22. The molecule has 0 bridgehead atoms. The molecule has 2 aliphatic heterocycles. The number of amides is 2. The fourth-order valence-corrected chi connectivity index (χ4v) is 3.50. The molecule has 2 aliphatic rings. The lowest BCUT2D eigenvalue weighted by atomic mass is 9.95. The van der Waals surface area contributed by atoms with Gasteiger partial charge >= 0.3 is 0 Å². The lowest BCUT2D eigenvalue weighted by molar-refractivity contribution is -0.137. The molecule has 118 valence electrons. The first-order valence-corrected chi connectivity index (χ1v) is 8.39. The number of benzene rings is 1. The van der Waals surface area contributed by atoms with Gasteiger partial charge in [-0.1, -0.05) is 18.2 Å². The van der Waals surface area contributed by atoms with Crippen LogP contribution in [-0.2, 0) is 4.79 Å². The fraction of sp³-hybridized carbons (Fsp3) is 0.556. The molecule has 2 saturated heterocycles. The summed E-state index contributed by atoms with van der Waals surface area (Å²) in [5, 5.41) is 0. The molecule has 22 heavy (non-hydrogen) atoms. The SMILES string of the molecule is O=C(c1ccccc1)N1CCC[C@@H](C(=O)N2CCCCC2)C1. The maximum atomic E-state index is 12.6. The van der Waals surface area contributed by atoms with Gasteiger partial charge in [0.1, 0.15) is 0 Å². The first kappa shape index (κ1) is 15.1. The summed E-state index contributed by atoms with van der Waals surface area (Å²) < 4.78 is 0. The maximum Gasteiger partial charge on any atom is 0.253 e. The molecule has 0 N–H and O–H groups in total. The van der Waals surface area contributed by atoms with Crippen LogP contribution in [0.5, 0.6) is 0 Å². The van der Waals surface area contributed by atoms with Crippen LogP contribution in [0.3, 0.4) is 0 Å². The van der Waals surface area contributed by atoms with E-state index in [1.54, 1.807) is 0 Å². The van der Waals surface area contributed by atoms with E-state index in [4.69, 9.17) is 0 Å². The Hall–Kier alpha value is -1.84. The van der Waals surface area contributed by atoms with Gasteiger partial charge in [-0.05, 0) is 44.2 Å². The van der Waals surface area contributed by atoms with Crippen LogP contribution in [0.1, 0.15) is 42.5 Å². The van der Waals surface area contributed by atoms with Gasteiger partial charge in [0, 0.05) is 31.7 Å². The van der Waals surface area contributed by atoms with E-state index in [1.165, 1.54) is 6.42 Å². The summed E-state index contributed by atoms with van der Waals surface area (Å²) in [5.74, 6) is 0.293. The minimum absolute atomic E-state index is 0.0143. The number of likely N-dealkylation sites (tertiary alicyclic amines) is 2. The molecule has 0 unspecified atom stereocenters. The zero-order valence-electron chi connectivity index (χ0n) is 13.0. The molecule has 0 aliphatic carbocycles. The van der Waals surface area contributed by atoms with Crippen LogP contribution >= 0.6 is 0 Å². The molecule has 1 aromatic carbocycles. The third kappa shape index (κ3) is 3.32. The standard InChI is InChI=1S/C18H24N2O2/c21-17(15-8-3-1-4-9-15)20-13-7-10-16(14-20)18(22)19-11-5-2-6-12-19/h1,3-4,8-9,16H,2,5-7,10-14H2/t16-/m1/s1. The first-order valence-electron chi connectivity index (χ1n) is 8.39. The predicted octanol–water partition coefficient (Wildman–Crippen LogP) is 2.55. The molecular weight excluding hydrogens is 276 g/mol. The van der Waals surface area contributed by atoms with E-state index in [0.717, 1.165) is 45.3 Å². The molecule has 1 atom stereocenters. The van der Waals surface area contributed by atoms with Gasteiger partial charge in [-0.15, -0.1) is 0 Å². The van der Waals surface area contributed by atoms with Crippen LogP contribution in [0, 0.1) is 5.92 Å². The van der Waals surface area contributed by atoms with E-state index in [9.17, 15) is 9.59 Å². The molecular formula is C18H24N2O2. The molecule has 0 radical (unpaired) electrons. The second kappa shape index (κ2) is 6.95. The van der Waals surface area contributed by atoms with Crippen LogP contribution < -0.4 is 0 Å². The number of piperidine rings is 2. The van der Waals surface area contributed by atoms with Crippen molar-refractivity contribution in [2.45, 2.75) is 32.1 Å². The van der Waals surface area contributed by atoms with Gasteiger partial charge in [0.25, 0.3) is 5.91 Å². The molecule has 0 saturated carbocycles. The van der Waals surface area contributed by atoms with Crippen molar-refractivity contribution in [1.29, 1.82) is 0 Å². The zero-order chi connectivity index (χ0) is 15.4. The van der Waals surface area contributed by atoms with Crippen molar-refractivity contribution in [2.24, 2.45) is 5.92 Å². The van der Waals surface area contributed by atoms with Crippen LogP contribution in [0.15, 0.2) is 30.3 Å². The summed E-state index contributed by atoms with van der Waals surface area (Å²) in [6, 6.07) is 9.37. The van der Waals surface area contributed by atoms with E-state index in [0.29, 0.717) is 12.1 Å². The second-order valence-corrected chi connectivity index (χ2v) is 6.34. The fourth-order valence-electron chi connectivity index (χ4n) is 3.50. The van der Waals surface area contributed by atoms with Gasteiger partial charge < -0.3 is 9.80 Å². The van der Waals surface area contributed by atoms with E-state index < -0.39 is 0 Å². The van der Waals surface area contributed by atoms with E-state index >= 15 is 0 Å². The molecule has 0 spiro atoms. The summed E-state index contributed by atoms with van der Waals surface area (Å²) in [7, 11) is 0. The van der Waals surface area contributed by atoms with Gasteiger partial charge in [0.05, 0.1) is 5.92 Å². The number of carbonyl (C=O) groups is 2. The minimum Gasteiger partial charge on any atom is -0.342 e. The Morgan fingerprint density at radius 1 is 0.864 bits per heavy atom. The van der Waals surface area contributed by atoms with Gasteiger partial charge in [0.2, 0.25) is 5.91 Å². The number of hydrogen-bond acceptors (Lipinski definition) is 2. The largest absolute Gasteiger partial charge is 0.342 e. The van der Waals surface area contributed by atoms with Gasteiger partial charge in [-0.25, -0.2) is 0 Å². The minimum atomic E-state index is -0.0143. The third-order valence-electron chi connectivity index (χ3n) is 4.75. The average Bonchev–Trinajstić information content (AvgIpc) is 2.62. The molecule has 1 aromatic rings. The lowest BCUT2D eigenvalue weighted by Gasteiger charge is -2.36. The molecule has 4 heteroatoms. The van der Waals surface area contributed by atoms with Crippen LogP contribution in [0.2, 0.25) is 0 Å². The molecule has 2 amide bonds. The van der Waals surface area contributed by atoms with Gasteiger partial charge in [-0.3, -0.25) is 9.59 Å². The second-order valence-electron chi connectivity index (χ2n) is 6.34. The van der Waals surface area contributed by atoms with E-state index in [-0.39, 0.29) is 17.7 Å². The number of rotatable bonds is 2. The number of hydrogen-bond donors (Lipinski definition) is 0. The van der Waals surface area contributed by atoms with Crippen LogP contribution in [0.25, 0.3) is 0 Å². The molecule has 0 aromatic heterocycles. The Balaban J connectivity index is 1.63. The Morgan fingerprint density at radius 2 is 1.55 bits per heavy atom. The molecule has 3 rings (SSSR count). The smallest absolute Gasteiger partial charge is 0.253 e. The highest BCUT2D eigenvalue weighted by molar-refractivity contribution is 5.94.